The summed E-state index contributed by atoms with van der Waals surface area (Å²) in [5, 5.41) is 5.58. The third kappa shape index (κ3) is 9.83. The Kier molecular flexibility index (Phi) is 10.7. The Morgan fingerprint density at radius 1 is 0.957 bits per heavy atom. The summed E-state index contributed by atoms with van der Waals surface area (Å²) < 4.78 is 48.9. The van der Waals surface area contributed by atoms with E-state index in [1.807, 2.05) is 0 Å². The van der Waals surface area contributed by atoms with Crippen molar-refractivity contribution in [3.63, 3.8) is 0 Å². The van der Waals surface area contributed by atoms with E-state index in [-0.39, 0.29) is 33.9 Å². The molecular formula is C34H42FN5O5SSi. The molecule has 4 aromatic rings. The summed E-state index contributed by atoms with van der Waals surface area (Å²) in [5.41, 5.74) is 2.05. The number of anilines is 2. The summed E-state index contributed by atoms with van der Waals surface area (Å²) in [4.78, 5) is 30.6. The molecule has 3 N–H and O–H groups in total. The summed E-state index contributed by atoms with van der Waals surface area (Å²) in [6.45, 7) is 14.5. The number of nitrogens with one attached hydrogen (secondary N) is 3. The minimum absolute atomic E-state index is 0.0793. The fourth-order valence-corrected chi connectivity index (χ4v) is 6.67. The molecule has 10 nitrogen and oxygen atoms in total. The Labute approximate surface area is 276 Å². The van der Waals surface area contributed by atoms with Crippen LogP contribution in [0.4, 0.5) is 20.6 Å². The van der Waals surface area contributed by atoms with E-state index in [4.69, 9.17) is 14.3 Å². The lowest BCUT2D eigenvalue weighted by Gasteiger charge is -2.21. The molecule has 0 fully saturated rings. The maximum atomic E-state index is 13.8. The molecule has 0 aliphatic rings. The molecule has 1 atom stereocenters. The molecule has 0 aliphatic carbocycles. The second-order valence-corrected chi connectivity index (χ2v) is 21.0. The van der Waals surface area contributed by atoms with Gasteiger partial charge in [0.1, 0.15) is 27.9 Å². The van der Waals surface area contributed by atoms with E-state index in [1.165, 1.54) is 36.4 Å². The Hall–Kier alpha value is -4.33. The van der Waals surface area contributed by atoms with Crippen molar-refractivity contribution in [2.75, 3.05) is 17.2 Å². The van der Waals surface area contributed by atoms with Crippen molar-refractivity contribution in [3.8, 4) is 11.1 Å². The molecule has 0 saturated heterocycles. The lowest BCUT2D eigenvalue weighted by molar-refractivity contribution is 0.0635. The van der Waals surface area contributed by atoms with Crippen LogP contribution in [0.15, 0.2) is 83.0 Å². The molecule has 1 aromatic heterocycles. The molecule has 4 rings (SSSR count). The number of carbonyl (C=O) groups excluding carboxylic acids is 2. The number of hydrogen-bond donors (Lipinski definition) is 3. The maximum absolute atomic E-state index is 13.8. The van der Waals surface area contributed by atoms with Gasteiger partial charge in [0.2, 0.25) is 5.16 Å². The minimum Gasteiger partial charge on any atom is -0.444 e. The van der Waals surface area contributed by atoms with Crippen molar-refractivity contribution in [1.29, 1.82) is 4.78 Å². The predicted molar refractivity (Wildman–Crippen MR) is 185 cm³/mol. The van der Waals surface area contributed by atoms with Crippen LogP contribution in [0.5, 0.6) is 0 Å². The second-order valence-electron chi connectivity index (χ2n) is 13.4. The summed E-state index contributed by atoms with van der Waals surface area (Å²) in [5.74, 6) is -0.889. The molecule has 0 saturated carbocycles. The van der Waals surface area contributed by atoms with Crippen molar-refractivity contribution < 1.29 is 27.7 Å². The number of amides is 2. The normalized spacial score (nSPS) is 13.1. The van der Waals surface area contributed by atoms with Crippen LogP contribution < -0.4 is 10.6 Å². The van der Waals surface area contributed by atoms with E-state index in [0.717, 1.165) is 6.04 Å². The number of nitrogens with zero attached hydrogens (tertiary/aromatic N) is 2. The molecule has 0 bridgehead atoms. The number of rotatable bonds is 11. The molecule has 0 spiro atoms. The Morgan fingerprint density at radius 3 is 2.21 bits per heavy atom. The highest BCUT2D eigenvalue weighted by atomic mass is 32.2. The zero-order valence-corrected chi connectivity index (χ0v) is 29.6. The van der Waals surface area contributed by atoms with Gasteiger partial charge < -0.3 is 14.8 Å². The van der Waals surface area contributed by atoms with E-state index in [2.05, 4.69) is 35.3 Å². The van der Waals surface area contributed by atoms with Crippen LogP contribution in [-0.4, -0.2) is 46.0 Å². The molecule has 2 amide bonds. The van der Waals surface area contributed by atoms with Crippen LogP contribution in [-0.2, 0) is 25.9 Å². The van der Waals surface area contributed by atoms with E-state index in [1.54, 1.807) is 68.8 Å². The van der Waals surface area contributed by atoms with Crippen LogP contribution in [0.25, 0.3) is 11.1 Å². The monoisotopic (exact) mass is 679 g/mol. The van der Waals surface area contributed by atoms with E-state index in [9.17, 15) is 18.2 Å². The van der Waals surface area contributed by atoms with E-state index in [0.29, 0.717) is 29.1 Å². The number of halogens is 1. The third-order valence-corrected chi connectivity index (χ3v) is 10.4. The predicted octanol–water partition coefficient (Wildman–Crippen LogP) is 8.37. The number of ether oxygens (including phenoxy) is 2. The molecular weight excluding hydrogens is 638 g/mol. The average molecular weight is 680 g/mol. The van der Waals surface area contributed by atoms with Gasteiger partial charge in [-0.3, -0.25) is 14.7 Å². The summed E-state index contributed by atoms with van der Waals surface area (Å²) >= 11 is 0. The topological polar surface area (TPSA) is 135 Å². The average Bonchev–Trinajstić information content (AvgIpc) is 3.36. The third-order valence-electron chi connectivity index (χ3n) is 6.87. The lowest BCUT2D eigenvalue weighted by atomic mass is 10.0. The van der Waals surface area contributed by atoms with Gasteiger partial charge in [-0.2, -0.15) is 0 Å². The van der Waals surface area contributed by atoms with Crippen LogP contribution in [0.3, 0.4) is 0 Å². The number of aryl methyl sites for hydroxylation is 1. The number of aromatic nitrogens is 2. The highest BCUT2D eigenvalue weighted by molar-refractivity contribution is 7.92. The van der Waals surface area contributed by atoms with Gasteiger partial charge >= 0.3 is 6.09 Å². The zero-order valence-electron chi connectivity index (χ0n) is 27.8. The van der Waals surface area contributed by atoms with Crippen molar-refractivity contribution in [2.45, 2.75) is 75.8 Å². The maximum Gasteiger partial charge on any atom is 0.412 e. The Morgan fingerprint density at radius 2 is 1.60 bits per heavy atom. The van der Waals surface area contributed by atoms with Crippen molar-refractivity contribution in [3.05, 3.63) is 90.0 Å². The first-order valence-corrected chi connectivity index (χ1v) is 20.4. The molecule has 1 heterocycles. The first-order chi connectivity index (χ1) is 21.9. The van der Waals surface area contributed by atoms with E-state index >= 15 is 0 Å². The van der Waals surface area contributed by atoms with Gasteiger partial charge in [0.05, 0.1) is 22.0 Å². The fourth-order valence-electron chi connectivity index (χ4n) is 4.48. The Balaban J connectivity index is 1.56. The highest BCUT2D eigenvalue weighted by Crippen LogP contribution is 2.31. The summed E-state index contributed by atoms with van der Waals surface area (Å²) in [7, 11) is -4.81. The smallest absolute Gasteiger partial charge is 0.412 e. The largest absolute Gasteiger partial charge is 0.444 e. The van der Waals surface area contributed by atoms with Crippen LogP contribution in [0.1, 0.15) is 36.8 Å². The van der Waals surface area contributed by atoms with Crippen molar-refractivity contribution in [2.24, 2.45) is 0 Å². The van der Waals surface area contributed by atoms with Gasteiger partial charge in [0, 0.05) is 26.4 Å². The molecule has 250 valence electrons. The van der Waals surface area contributed by atoms with Crippen molar-refractivity contribution in [1.82, 2.24) is 9.55 Å². The summed E-state index contributed by atoms with van der Waals surface area (Å²) in [6, 6.07) is 17.8. The SMILES string of the molecule is Cc1cn(COCC[Si](C)(C)C)c(S(=N)(=O)c2ccc(C(=O)Nc3cc(-c4ccc(F)cc4)ccc3NC(=O)OC(C)(C)C)cc2)n1. The quantitative estimate of drug-likeness (QED) is 0.108. The van der Waals surface area contributed by atoms with Gasteiger partial charge in [-0.05, 0) is 93.4 Å². The van der Waals surface area contributed by atoms with Gasteiger partial charge in [-0.25, -0.2) is 23.2 Å². The number of imidazole rings is 1. The first kappa shape index (κ1) is 35.5. The van der Waals surface area contributed by atoms with Crippen molar-refractivity contribution >= 4 is 41.2 Å². The molecule has 0 radical (unpaired) electrons. The first-order valence-electron chi connectivity index (χ1n) is 15.1. The fraction of sp³-hybridized carbons (Fsp3) is 0.324. The lowest BCUT2D eigenvalue weighted by Crippen LogP contribution is -2.27. The number of hydrogen-bond acceptors (Lipinski definition) is 7. The van der Waals surface area contributed by atoms with Gasteiger partial charge in [0.15, 0.2) is 0 Å². The second kappa shape index (κ2) is 14.2. The highest BCUT2D eigenvalue weighted by Gasteiger charge is 2.23. The standard InChI is InChI=1S/C34H42FN5O5SSi/c1-23-21-40(22-44-18-19-47(5,6)7)32(37-23)46(36,43)28-15-10-25(11-16-28)31(41)38-30-20-26(24-8-13-27(35)14-9-24)12-17-29(30)39-33(42)45-34(2,3)4/h8-17,20-21,36H,18-19,22H2,1-7H3,(H,38,41)(H,39,42). The molecule has 3 aromatic carbocycles. The van der Waals surface area contributed by atoms with Gasteiger partial charge in [-0.15, -0.1) is 0 Å². The van der Waals surface area contributed by atoms with E-state index < -0.39 is 35.4 Å². The van der Waals surface area contributed by atoms with Gasteiger partial charge in [-0.1, -0.05) is 37.8 Å². The molecule has 13 heteroatoms. The molecule has 47 heavy (non-hydrogen) atoms. The minimum atomic E-state index is -3.53. The van der Waals surface area contributed by atoms with Crippen LogP contribution in [0.2, 0.25) is 25.7 Å². The number of carbonyl (C=O) groups is 2. The van der Waals surface area contributed by atoms with Crippen LogP contribution >= 0.6 is 0 Å². The summed E-state index contributed by atoms with van der Waals surface area (Å²) in [6.07, 6.45) is 1.01. The number of benzene rings is 3. The zero-order chi connectivity index (χ0) is 34.6. The van der Waals surface area contributed by atoms with Gasteiger partial charge in [0.25, 0.3) is 5.91 Å². The molecule has 0 aliphatic heterocycles. The van der Waals surface area contributed by atoms with Crippen LogP contribution in [0, 0.1) is 17.5 Å². The molecule has 1 unspecified atom stereocenters. The Bertz CT molecular complexity index is 1850.